The van der Waals surface area contributed by atoms with Crippen LogP contribution in [0.25, 0.3) is 0 Å². The van der Waals surface area contributed by atoms with Crippen molar-refractivity contribution in [2.75, 3.05) is 49.6 Å². The number of rotatable bonds is 6. The molecule has 0 spiro atoms. The van der Waals surface area contributed by atoms with Crippen LogP contribution in [0.15, 0.2) is 48.5 Å². The van der Waals surface area contributed by atoms with E-state index in [9.17, 15) is 9.59 Å². The summed E-state index contributed by atoms with van der Waals surface area (Å²) in [7, 11) is 1.67. The van der Waals surface area contributed by atoms with Gasteiger partial charge in [-0.2, -0.15) is 0 Å². The highest BCUT2D eigenvalue weighted by Gasteiger charge is 2.26. The van der Waals surface area contributed by atoms with Gasteiger partial charge in [-0.05, 0) is 30.2 Å². The largest absolute Gasteiger partial charge is 0.495 e. The Morgan fingerprint density at radius 2 is 1.66 bits per heavy atom. The molecule has 0 radical (unpaired) electrons. The molecule has 6 heteroatoms. The fraction of sp³-hybridized carbons (Fsp3) is 0.391. The molecular weight excluding hydrogens is 366 g/mol. The minimum absolute atomic E-state index is 0.0224. The smallest absolute Gasteiger partial charge is 0.242 e. The predicted octanol–water partition coefficient (Wildman–Crippen LogP) is 2.96. The highest BCUT2D eigenvalue weighted by atomic mass is 16.5. The molecule has 0 bridgehead atoms. The minimum Gasteiger partial charge on any atom is -0.495 e. The molecule has 1 aliphatic heterocycles. The van der Waals surface area contributed by atoms with Gasteiger partial charge in [-0.15, -0.1) is 0 Å². The summed E-state index contributed by atoms with van der Waals surface area (Å²) in [6, 6.07) is 15.7. The first kappa shape index (κ1) is 20.7. The Labute approximate surface area is 172 Å². The molecule has 2 aromatic rings. The lowest BCUT2D eigenvalue weighted by Crippen LogP contribution is -2.52. The quantitative estimate of drug-likeness (QED) is 0.755. The van der Waals surface area contributed by atoms with Gasteiger partial charge < -0.3 is 19.4 Å². The fourth-order valence-corrected chi connectivity index (χ4v) is 3.76. The van der Waals surface area contributed by atoms with E-state index in [1.54, 1.807) is 12.0 Å². The van der Waals surface area contributed by atoms with Crippen molar-refractivity contribution in [2.24, 2.45) is 0 Å². The van der Waals surface area contributed by atoms with E-state index in [1.165, 1.54) is 6.92 Å². The highest BCUT2D eigenvalue weighted by molar-refractivity contribution is 5.98. The molecule has 2 amide bonds. The number of hydrogen-bond acceptors (Lipinski definition) is 4. The maximum Gasteiger partial charge on any atom is 0.242 e. The van der Waals surface area contributed by atoms with Gasteiger partial charge in [-0.25, -0.2) is 0 Å². The fourth-order valence-electron chi connectivity index (χ4n) is 3.76. The molecule has 29 heavy (non-hydrogen) atoms. The van der Waals surface area contributed by atoms with E-state index in [0.717, 1.165) is 42.2 Å². The number of piperazine rings is 1. The van der Waals surface area contributed by atoms with Crippen LogP contribution in [-0.2, 0) is 16.0 Å². The van der Waals surface area contributed by atoms with Crippen molar-refractivity contribution < 1.29 is 14.3 Å². The second-order valence-electron chi connectivity index (χ2n) is 7.13. The molecule has 0 aliphatic carbocycles. The number of methoxy groups -OCH3 is 1. The number of amides is 2. The molecular formula is C23H29N3O3. The Kier molecular flexibility index (Phi) is 6.75. The third-order valence-corrected chi connectivity index (χ3v) is 5.40. The number of aryl methyl sites for hydroxylation is 1. The third-order valence-electron chi connectivity index (χ3n) is 5.40. The SMILES string of the molecule is CCc1ccccc1N(CC(=O)N1CCN(c2ccccc2OC)CC1)C(C)=O. The van der Waals surface area contributed by atoms with Gasteiger partial charge in [0.2, 0.25) is 11.8 Å². The zero-order chi connectivity index (χ0) is 20.8. The summed E-state index contributed by atoms with van der Waals surface area (Å²) in [4.78, 5) is 30.9. The van der Waals surface area contributed by atoms with Crippen molar-refractivity contribution in [3.05, 3.63) is 54.1 Å². The molecule has 1 heterocycles. The first-order chi connectivity index (χ1) is 14.0. The lowest BCUT2D eigenvalue weighted by atomic mass is 10.1. The van der Waals surface area contributed by atoms with Gasteiger partial charge >= 0.3 is 0 Å². The van der Waals surface area contributed by atoms with E-state index in [4.69, 9.17) is 4.74 Å². The van der Waals surface area contributed by atoms with Gasteiger partial charge in [-0.3, -0.25) is 9.59 Å². The average Bonchev–Trinajstić information content (AvgIpc) is 2.77. The first-order valence-electron chi connectivity index (χ1n) is 10.1. The summed E-state index contributed by atoms with van der Waals surface area (Å²) in [5.41, 5.74) is 2.93. The molecule has 0 atom stereocenters. The van der Waals surface area contributed by atoms with Gasteiger partial charge in [0.1, 0.15) is 12.3 Å². The van der Waals surface area contributed by atoms with E-state index in [1.807, 2.05) is 53.4 Å². The van der Waals surface area contributed by atoms with Gasteiger partial charge in [0.05, 0.1) is 12.8 Å². The lowest BCUT2D eigenvalue weighted by molar-refractivity contribution is -0.131. The van der Waals surface area contributed by atoms with Crippen LogP contribution in [-0.4, -0.2) is 56.5 Å². The van der Waals surface area contributed by atoms with E-state index < -0.39 is 0 Å². The lowest BCUT2D eigenvalue weighted by Gasteiger charge is -2.37. The van der Waals surface area contributed by atoms with Crippen LogP contribution >= 0.6 is 0 Å². The van der Waals surface area contributed by atoms with E-state index in [-0.39, 0.29) is 18.4 Å². The molecule has 1 fully saturated rings. The van der Waals surface area contributed by atoms with Gasteiger partial charge in [0.15, 0.2) is 0 Å². The van der Waals surface area contributed by atoms with Crippen molar-refractivity contribution in [3.63, 3.8) is 0 Å². The number of carbonyl (C=O) groups excluding carboxylic acids is 2. The maximum atomic E-state index is 12.9. The summed E-state index contributed by atoms with van der Waals surface area (Å²) in [5, 5.41) is 0. The molecule has 154 valence electrons. The molecule has 0 saturated carbocycles. The number of ether oxygens (including phenoxy) is 1. The second-order valence-corrected chi connectivity index (χ2v) is 7.13. The standard InChI is InChI=1S/C23H29N3O3/c1-4-19-9-5-6-10-20(19)26(18(2)27)17-23(28)25-15-13-24(14-16-25)21-11-7-8-12-22(21)29-3/h5-12H,4,13-17H2,1-3H3. The van der Waals surface area contributed by atoms with Crippen LogP contribution in [0.3, 0.4) is 0 Å². The zero-order valence-corrected chi connectivity index (χ0v) is 17.4. The first-order valence-corrected chi connectivity index (χ1v) is 10.1. The van der Waals surface area contributed by atoms with Crippen molar-refractivity contribution in [1.29, 1.82) is 0 Å². The summed E-state index contributed by atoms with van der Waals surface area (Å²) in [5.74, 6) is 0.698. The van der Waals surface area contributed by atoms with Crippen molar-refractivity contribution in [1.82, 2.24) is 4.90 Å². The van der Waals surface area contributed by atoms with E-state index in [2.05, 4.69) is 11.8 Å². The Bertz CT molecular complexity index is 860. The van der Waals surface area contributed by atoms with Crippen LogP contribution in [0.2, 0.25) is 0 Å². The van der Waals surface area contributed by atoms with E-state index >= 15 is 0 Å². The summed E-state index contributed by atoms with van der Waals surface area (Å²) < 4.78 is 5.46. The molecule has 1 saturated heterocycles. The molecule has 2 aromatic carbocycles. The average molecular weight is 396 g/mol. The summed E-state index contributed by atoms with van der Waals surface area (Å²) in [6.45, 7) is 6.35. The summed E-state index contributed by atoms with van der Waals surface area (Å²) >= 11 is 0. The van der Waals surface area contributed by atoms with Gasteiger partial charge in [0, 0.05) is 38.8 Å². The number of hydrogen-bond donors (Lipinski definition) is 0. The normalized spacial score (nSPS) is 13.9. The van der Waals surface area contributed by atoms with Crippen LogP contribution in [0, 0.1) is 0 Å². The molecule has 3 rings (SSSR count). The topological polar surface area (TPSA) is 53.1 Å². The number of para-hydroxylation sites is 3. The van der Waals surface area contributed by atoms with Crippen LogP contribution in [0.1, 0.15) is 19.4 Å². The van der Waals surface area contributed by atoms with Crippen molar-refractivity contribution >= 4 is 23.2 Å². The maximum absolute atomic E-state index is 12.9. The Morgan fingerprint density at radius 3 is 2.31 bits per heavy atom. The van der Waals surface area contributed by atoms with Crippen molar-refractivity contribution in [2.45, 2.75) is 20.3 Å². The molecule has 0 N–H and O–H groups in total. The predicted molar refractivity (Wildman–Crippen MR) is 116 cm³/mol. The monoisotopic (exact) mass is 395 g/mol. The van der Waals surface area contributed by atoms with E-state index in [0.29, 0.717) is 13.1 Å². The minimum atomic E-state index is -0.119. The number of carbonyl (C=O) groups is 2. The van der Waals surface area contributed by atoms with Crippen LogP contribution in [0.4, 0.5) is 11.4 Å². The Morgan fingerprint density at radius 1 is 1.00 bits per heavy atom. The highest BCUT2D eigenvalue weighted by Crippen LogP contribution is 2.28. The molecule has 6 nitrogen and oxygen atoms in total. The summed E-state index contributed by atoms with van der Waals surface area (Å²) in [6.07, 6.45) is 0.811. The van der Waals surface area contributed by atoms with Crippen LogP contribution < -0.4 is 14.5 Å². The van der Waals surface area contributed by atoms with Gasteiger partial charge in [-0.1, -0.05) is 37.3 Å². The Hall–Kier alpha value is -3.02. The molecule has 1 aliphatic rings. The number of nitrogens with zero attached hydrogens (tertiary/aromatic N) is 3. The van der Waals surface area contributed by atoms with Crippen LogP contribution in [0.5, 0.6) is 5.75 Å². The Balaban J connectivity index is 1.66. The molecule has 0 unspecified atom stereocenters. The van der Waals surface area contributed by atoms with Gasteiger partial charge in [0.25, 0.3) is 0 Å². The second kappa shape index (κ2) is 9.45. The number of anilines is 2. The van der Waals surface area contributed by atoms with Crippen molar-refractivity contribution in [3.8, 4) is 5.75 Å². The third kappa shape index (κ3) is 4.70. The zero-order valence-electron chi connectivity index (χ0n) is 17.4. The number of benzene rings is 2. The molecule has 0 aromatic heterocycles.